The molecule has 11 heteroatoms. The number of ether oxygens (including phenoxy) is 2. The van der Waals surface area contributed by atoms with Crippen LogP contribution in [0.4, 0.5) is 22.0 Å². The number of piperazine rings is 1. The van der Waals surface area contributed by atoms with E-state index in [1.807, 2.05) is 81.3 Å². The Balaban J connectivity index is 1.16. The number of aromatic nitrogens is 2. The van der Waals surface area contributed by atoms with E-state index in [9.17, 15) is 9.59 Å². The van der Waals surface area contributed by atoms with Gasteiger partial charge >= 0.3 is 6.09 Å². The quantitative estimate of drug-likeness (QED) is 0.307. The van der Waals surface area contributed by atoms with Crippen LogP contribution >= 0.6 is 0 Å². The Morgan fingerprint density at radius 1 is 0.956 bits per heavy atom. The van der Waals surface area contributed by atoms with E-state index in [1.54, 1.807) is 6.07 Å². The van der Waals surface area contributed by atoms with Crippen LogP contribution in [0.1, 0.15) is 58.0 Å². The lowest BCUT2D eigenvalue weighted by Crippen LogP contribution is -2.50. The van der Waals surface area contributed by atoms with Gasteiger partial charge in [0.2, 0.25) is 5.91 Å². The van der Waals surface area contributed by atoms with Crippen LogP contribution in [0.2, 0.25) is 0 Å². The molecule has 0 bridgehead atoms. The zero-order valence-corrected chi connectivity index (χ0v) is 27.0. The summed E-state index contributed by atoms with van der Waals surface area (Å²) in [4.78, 5) is 39.8. The summed E-state index contributed by atoms with van der Waals surface area (Å²) in [7, 11) is 0. The van der Waals surface area contributed by atoms with Crippen LogP contribution in [-0.4, -0.2) is 83.2 Å². The number of aryl methyl sites for hydroxylation is 1. The first-order valence-corrected chi connectivity index (χ1v) is 15.7. The molecule has 0 saturated carbocycles. The molecule has 240 valence electrons. The van der Waals surface area contributed by atoms with Gasteiger partial charge < -0.3 is 29.9 Å². The van der Waals surface area contributed by atoms with E-state index in [1.165, 1.54) is 6.92 Å². The number of benzene rings is 2. The number of hydrogen-bond acceptors (Lipinski definition) is 9. The second kappa shape index (κ2) is 14.2. The zero-order valence-electron chi connectivity index (χ0n) is 27.0. The maximum Gasteiger partial charge on any atom is 0.410 e. The first-order chi connectivity index (χ1) is 21.5. The largest absolute Gasteiger partial charge is 0.457 e. The molecule has 0 aliphatic carbocycles. The van der Waals surface area contributed by atoms with E-state index >= 15 is 0 Å². The van der Waals surface area contributed by atoms with Crippen molar-refractivity contribution in [3.05, 3.63) is 66.1 Å². The third-order valence-corrected chi connectivity index (χ3v) is 7.77. The van der Waals surface area contributed by atoms with E-state index in [0.717, 1.165) is 68.5 Å². The number of amides is 2. The van der Waals surface area contributed by atoms with Gasteiger partial charge in [-0.2, -0.15) is 0 Å². The molecule has 5 rings (SSSR count). The molecular formula is C34H45N7O4. The van der Waals surface area contributed by atoms with Crippen molar-refractivity contribution in [3.63, 3.8) is 0 Å². The van der Waals surface area contributed by atoms with Gasteiger partial charge in [0.1, 0.15) is 28.7 Å². The lowest BCUT2D eigenvalue weighted by Gasteiger charge is -2.37. The third kappa shape index (κ3) is 9.07. The Hall–Kier alpha value is -4.38. The summed E-state index contributed by atoms with van der Waals surface area (Å²) in [6.07, 6.45) is 3.65. The molecule has 0 spiro atoms. The van der Waals surface area contributed by atoms with Gasteiger partial charge in [0.25, 0.3) is 0 Å². The molecule has 2 amide bonds. The van der Waals surface area contributed by atoms with Gasteiger partial charge in [0.05, 0.1) is 6.04 Å². The Labute approximate surface area is 265 Å². The van der Waals surface area contributed by atoms with E-state index in [2.05, 4.69) is 25.4 Å². The van der Waals surface area contributed by atoms with Crippen LogP contribution in [0, 0.1) is 6.92 Å². The Bertz CT molecular complexity index is 1480. The molecule has 2 aliphatic rings. The van der Waals surface area contributed by atoms with Gasteiger partial charge in [-0.1, -0.05) is 12.1 Å². The summed E-state index contributed by atoms with van der Waals surface area (Å²) in [6.45, 7) is 15.0. The van der Waals surface area contributed by atoms with Crippen molar-refractivity contribution >= 4 is 29.2 Å². The molecule has 11 nitrogen and oxygen atoms in total. The first kappa shape index (κ1) is 32.0. The summed E-state index contributed by atoms with van der Waals surface area (Å²) < 4.78 is 11.6. The van der Waals surface area contributed by atoms with E-state index < -0.39 is 5.60 Å². The van der Waals surface area contributed by atoms with Crippen molar-refractivity contribution < 1.29 is 19.1 Å². The summed E-state index contributed by atoms with van der Waals surface area (Å²) in [5, 5.41) is 6.47. The fraction of sp³-hybridized carbons (Fsp3) is 0.471. The summed E-state index contributed by atoms with van der Waals surface area (Å²) in [6, 6.07) is 15.3. The summed E-state index contributed by atoms with van der Waals surface area (Å²) in [5.74, 6) is 2.97. The average molecular weight is 616 g/mol. The molecule has 1 atom stereocenters. The highest BCUT2D eigenvalue weighted by Gasteiger charge is 2.28. The van der Waals surface area contributed by atoms with Crippen LogP contribution in [0.3, 0.4) is 0 Å². The Morgan fingerprint density at radius 3 is 2.33 bits per heavy atom. The number of fused-ring (bicyclic) bond motifs is 1. The highest BCUT2D eigenvalue weighted by molar-refractivity contribution is 5.88. The monoisotopic (exact) mass is 615 g/mol. The van der Waals surface area contributed by atoms with Gasteiger partial charge in [0.15, 0.2) is 0 Å². The first-order valence-electron chi connectivity index (χ1n) is 15.7. The fourth-order valence-corrected chi connectivity index (χ4v) is 5.67. The minimum atomic E-state index is -0.475. The van der Waals surface area contributed by atoms with Gasteiger partial charge in [-0.05, 0) is 71.3 Å². The van der Waals surface area contributed by atoms with Crippen molar-refractivity contribution in [1.82, 2.24) is 19.8 Å². The fourth-order valence-electron chi connectivity index (χ4n) is 5.67. The van der Waals surface area contributed by atoms with E-state index in [4.69, 9.17) is 14.5 Å². The normalized spacial score (nSPS) is 17.0. The topological polar surface area (TPSA) is 112 Å². The number of nitrogens with zero attached hydrogens (tertiary/aromatic N) is 5. The van der Waals surface area contributed by atoms with Crippen molar-refractivity contribution in [1.29, 1.82) is 0 Å². The maximum atomic E-state index is 12.4. The van der Waals surface area contributed by atoms with Crippen molar-refractivity contribution in [3.8, 4) is 11.5 Å². The van der Waals surface area contributed by atoms with Crippen molar-refractivity contribution in [2.24, 2.45) is 0 Å². The molecule has 3 heterocycles. The van der Waals surface area contributed by atoms with E-state index in [0.29, 0.717) is 30.3 Å². The van der Waals surface area contributed by atoms with Crippen LogP contribution in [0.15, 0.2) is 54.7 Å². The molecule has 1 saturated heterocycles. The highest BCUT2D eigenvalue weighted by atomic mass is 16.6. The number of nitrogens with one attached hydrogen (secondary N) is 2. The number of hydrogen-bond donors (Lipinski definition) is 2. The molecule has 2 aliphatic heterocycles. The molecule has 45 heavy (non-hydrogen) atoms. The maximum absolute atomic E-state index is 12.4. The van der Waals surface area contributed by atoms with Crippen molar-refractivity contribution in [2.75, 3.05) is 61.3 Å². The second-order valence-electron chi connectivity index (χ2n) is 12.7. The lowest BCUT2D eigenvalue weighted by atomic mass is 10.00. The summed E-state index contributed by atoms with van der Waals surface area (Å²) in [5.41, 5.74) is 2.25. The predicted octanol–water partition coefficient (Wildman–Crippen LogP) is 5.84. The molecule has 3 aromatic rings. The molecular weight excluding hydrogens is 570 g/mol. The highest BCUT2D eigenvalue weighted by Crippen LogP contribution is 2.35. The molecule has 2 N–H and O–H groups in total. The summed E-state index contributed by atoms with van der Waals surface area (Å²) >= 11 is 0. The Morgan fingerprint density at radius 2 is 1.64 bits per heavy atom. The van der Waals surface area contributed by atoms with Crippen LogP contribution in [0.25, 0.3) is 0 Å². The van der Waals surface area contributed by atoms with Gasteiger partial charge in [0, 0.05) is 81.5 Å². The standard InChI is InChI=1S/C34H45N7O4/c1-24-35-23-30-31(38-27-10-7-12-29(22-27)44-28-11-6-9-26(21-28)37-25(2)42)13-16-40(32(30)36-24)15-8-14-39-17-19-41(20-18-39)33(43)45-34(3,4)5/h6-7,9-12,21-23,31,38H,8,13-20H2,1-5H3,(H,37,42). The number of rotatable bonds is 9. The minimum absolute atomic E-state index is 0.0659. The van der Waals surface area contributed by atoms with Crippen molar-refractivity contribution in [2.45, 2.75) is 59.1 Å². The number of carbonyl (C=O) groups is 2. The molecule has 1 fully saturated rings. The lowest BCUT2D eigenvalue weighted by molar-refractivity contribution is -0.114. The molecule has 2 aromatic carbocycles. The number of carbonyl (C=O) groups excluding carboxylic acids is 2. The smallest absolute Gasteiger partial charge is 0.410 e. The third-order valence-electron chi connectivity index (χ3n) is 7.77. The van der Waals surface area contributed by atoms with Crippen LogP contribution < -0.4 is 20.3 Å². The molecule has 1 unspecified atom stereocenters. The molecule has 0 radical (unpaired) electrons. The number of anilines is 3. The zero-order chi connectivity index (χ0) is 32.0. The SMILES string of the molecule is CC(=O)Nc1cccc(Oc2cccc(NC3CCN(CCCN4CCN(C(=O)OC(C)(C)C)CC4)c4nc(C)ncc43)c2)c1. The van der Waals surface area contributed by atoms with Gasteiger partial charge in [-0.15, -0.1) is 0 Å². The minimum Gasteiger partial charge on any atom is -0.457 e. The predicted molar refractivity (Wildman–Crippen MR) is 176 cm³/mol. The Kier molecular flexibility index (Phi) is 10.1. The molecule has 1 aromatic heterocycles. The average Bonchev–Trinajstić information content (AvgIpc) is 2.97. The van der Waals surface area contributed by atoms with Crippen LogP contribution in [-0.2, 0) is 9.53 Å². The second-order valence-corrected chi connectivity index (χ2v) is 12.7. The van der Waals surface area contributed by atoms with Crippen LogP contribution in [0.5, 0.6) is 11.5 Å². The van der Waals surface area contributed by atoms with E-state index in [-0.39, 0.29) is 18.0 Å². The van der Waals surface area contributed by atoms with Gasteiger partial charge in [-0.3, -0.25) is 9.69 Å². The van der Waals surface area contributed by atoms with Gasteiger partial charge in [-0.25, -0.2) is 14.8 Å².